The maximum atomic E-state index is 11.7. The van der Waals surface area contributed by atoms with Crippen LogP contribution in [0.25, 0.3) is 0 Å². The molecule has 0 spiro atoms. The topological polar surface area (TPSA) is 29.1 Å². The molecule has 0 fully saturated rings. The fourth-order valence-electron chi connectivity index (χ4n) is 0.477. The summed E-state index contributed by atoms with van der Waals surface area (Å²) in [7, 11) is -1.05. The van der Waals surface area contributed by atoms with E-state index in [1.54, 1.807) is 0 Å². The van der Waals surface area contributed by atoms with Gasteiger partial charge in [-0.1, -0.05) is 0 Å². The van der Waals surface area contributed by atoms with E-state index in [1.807, 2.05) is 41.5 Å². The molecule has 0 radical (unpaired) electrons. The Morgan fingerprint density at radius 2 is 1.62 bits per heavy atom. The number of hydrogen-bond donors (Lipinski definition) is 1. The lowest BCUT2D eigenvalue weighted by Gasteiger charge is -2.28. The van der Waals surface area contributed by atoms with Gasteiger partial charge < -0.3 is 0 Å². The first-order valence-corrected chi connectivity index (χ1v) is 5.95. The fourth-order valence-corrected chi connectivity index (χ4v) is 1.57. The summed E-state index contributed by atoms with van der Waals surface area (Å²) in [5.41, 5.74) is 0. The molecule has 80 valence electrons. The van der Waals surface area contributed by atoms with Crippen LogP contribution < -0.4 is 4.72 Å². The molecule has 13 heavy (non-hydrogen) atoms. The Bertz CT molecular complexity index is 193. The molecule has 0 heterocycles. The average Bonchev–Trinajstić information content (AvgIpc) is 1.82. The van der Waals surface area contributed by atoms with Crippen LogP contribution in [-0.2, 0) is 11.0 Å². The van der Waals surface area contributed by atoms with Gasteiger partial charge in [0.15, 0.2) is 0 Å². The second-order valence-electron chi connectivity index (χ2n) is 4.79. The van der Waals surface area contributed by atoms with Crippen LogP contribution in [0.4, 0.5) is 0 Å². The molecule has 0 aromatic carbocycles. The summed E-state index contributed by atoms with van der Waals surface area (Å²) in [6.07, 6.45) is 0. The van der Waals surface area contributed by atoms with Crippen LogP contribution >= 0.6 is 11.6 Å². The van der Waals surface area contributed by atoms with Crippen molar-refractivity contribution in [3.63, 3.8) is 0 Å². The lowest BCUT2D eigenvalue weighted by molar-refractivity contribution is 0.518. The van der Waals surface area contributed by atoms with Gasteiger partial charge in [-0.2, -0.15) is 0 Å². The average molecular weight is 226 g/mol. The molecule has 0 aromatic rings. The van der Waals surface area contributed by atoms with Crippen molar-refractivity contribution in [3.8, 4) is 0 Å². The van der Waals surface area contributed by atoms with Gasteiger partial charge in [0, 0.05) is 6.04 Å². The van der Waals surface area contributed by atoms with Crippen molar-refractivity contribution in [3.05, 3.63) is 0 Å². The van der Waals surface area contributed by atoms with E-state index < -0.39 is 11.0 Å². The maximum Gasteiger partial charge on any atom is 0.0973 e. The van der Waals surface area contributed by atoms with Crippen LogP contribution in [0.1, 0.15) is 41.5 Å². The largest absolute Gasteiger partial charge is 0.242 e. The number of halogens is 1. The van der Waals surface area contributed by atoms with E-state index >= 15 is 0 Å². The highest BCUT2D eigenvalue weighted by Crippen LogP contribution is 2.19. The predicted octanol–water partition coefficient (Wildman–Crippen LogP) is 2.44. The van der Waals surface area contributed by atoms with Gasteiger partial charge >= 0.3 is 0 Å². The molecule has 0 aromatic heterocycles. The number of nitrogens with one attached hydrogen (secondary N) is 1. The van der Waals surface area contributed by atoms with E-state index in [-0.39, 0.29) is 15.7 Å². The van der Waals surface area contributed by atoms with Crippen molar-refractivity contribution in [1.82, 2.24) is 4.72 Å². The van der Waals surface area contributed by atoms with Crippen LogP contribution in [0.15, 0.2) is 0 Å². The summed E-state index contributed by atoms with van der Waals surface area (Å²) in [6.45, 7) is 11.6. The summed E-state index contributed by atoms with van der Waals surface area (Å²) < 4.78 is 14.4. The first kappa shape index (κ1) is 13.4. The van der Waals surface area contributed by atoms with Gasteiger partial charge in [0.1, 0.15) is 0 Å². The third-order valence-electron chi connectivity index (χ3n) is 1.87. The smallest absolute Gasteiger partial charge is 0.0973 e. The van der Waals surface area contributed by atoms with Crippen LogP contribution in [0.3, 0.4) is 0 Å². The van der Waals surface area contributed by atoms with E-state index in [9.17, 15) is 4.21 Å². The molecule has 1 N–H and O–H groups in total. The van der Waals surface area contributed by atoms with E-state index in [0.29, 0.717) is 0 Å². The summed E-state index contributed by atoms with van der Waals surface area (Å²) in [5, 5.41) is 0. The Morgan fingerprint density at radius 1 is 1.23 bits per heavy atom. The summed E-state index contributed by atoms with van der Waals surface area (Å²) in [4.78, 5) is -0.374. The number of alkyl halides is 1. The highest BCUT2D eigenvalue weighted by atomic mass is 35.5. The Morgan fingerprint density at radius 3 is 1.85 bits per heavy atom. The molecule has 0 amide bonds. The number of hydrogen-bond acceptors (Lipinski definition) is 1. The summed E-state index contributed by atoms with van der Waals surface area (Å²) in [5.74, 6) is 0. The molecule has 0 bridgehead atoms. The third-order valence-corrected chi connectivity index (χ3v) is 3.88. The van der Waals surface area contributed by atoms with Gasteiger partial charge in [0.2, 0.25) is 0 Å². The van der Waals surface area contributed by atoms with Crippen molar-refractivity contribution in [2.45, 2.75) is 57.2 Å². The fraction of sp³-hybridized carbons (Fsp3) is 1.00. The van der Waals surface area contributed by atoms with Crippen LogP contribution in [0.5, 0.6) is 0 Å². The second kappa shape index (κ2) is 4.28. The van der Waals surface area contributed by atoms with Crippen molar-refractivity contribution in [2.24, 2.45) is 0 Å². The van der Waals surface area contributed by atoms with Gasteiger partial charge in [-0.25, -0.2) is 8.93 Å². The predicted molar refractivity (Wildman–Crippen MR) is 60.4 cm³/mol. The maximum absolute atomic E-state index is 11.7. The molecule has 0 aliphatic heterocycles. The monoisotopic (exact) mass is 225 g/mol. The van der Waals surface area contributed by atoms with Gasteiger partial charge in [-0.05, 0) is 41.5 Å². The minimum absolute atomic E-state index is 0.0224. The summed E-state index contributed by atoms with van der Waals surface area (Å²) >= 11 is 6.08. The SMILES string of the molecule is C[C@@H](N[S@](=O)C(C)(C)C)C(C)(C)Cl. The lowest BCUT2D eigenvalue weighted by atomic mass is 10.1. The molecule has 2 atom stereocenters. The normalized spacial score (nSPS) is 18.4. The Labute approximate surface area is 89.0 Å². The van der Waals surface area contributed by atoms with Gasteiger partial charge in [0.05, 0.1) is 20.6 Å². The molecule has 0 saturated carbocycles. The first-order valence-electron chi connectivity index (χ1n) is 4.42. The lowest BCUT2D eigenvalue weighted by Crippen LogP contribution is -2.46. The van der Waals surface area contributed by atoms with Gasteiger partial charge in [-0.15, -0.1) is 11.6 Å². The quantitative estimate of drug-likeness (QED) is 0.735. The Balaban J connectivity index is 4.24. The van der Waals surface area contributed by atoms with Crippen molar-refractivity contribution in [1.29, 1.82) is 0 Å². The first-order chi connectivity index (χ1) is 5.55. The molecule has 2 nitrogen and oxygen atoms in total. The molecule has 0 unspecified atom stereocenters. The van der Waals surface area contributed by atoms with E-state index in [4.69, 9.17) is 11.6 Å². The van der Waals surface area contributed by atoms with E-state index in [2.05, 4.69) is 4.72 Å². The zero-order valence-electron chi connectivity index (χ0n) is 9.27. The minimum atomic E-state index is -1.05. The van der Waals surface area contributed by atoms with Crippen LogP contribution in [-0.4, -0.2) is 19.9 Å². The standard InChI is InChI=1S/C9H20ClNOS/c1-7(9(5,6)10)11-13(12)8(2,3)4/h7,11H,1-6H3/t7-,13-/m1/s1. The summed E-state index contributed by atoms with van der Waals surface area (Å²) in [6, 6.07) is 0.0224. The Kier molecular flexibility index (Phi) is 4.41. The second-order valence-corrected chi connectivity index (χ2v) is 7.76. The molecule has 0 aliphatic carbocycles. The molecule has 4 heteroatoms. The van der Waals surface area contributed by atoms with Crippen molar-refractivity contribution in [2.75, 3.05) is 0 Å². The van der Waals surface area contributed by atoms with Crippen LogP contribution in [0, 0.1) is 0 Å². The molecule has 0 aliphatic rings. The molecule has 0 saturated heterocycles. The Hall–Kier alpha value is 0.400. The minimum Gasteiger partial charge on any atom is -0.242 e. The van der Waals surface area contributed by atoms with Crippen molar-refractivity contribution < 1.29 is 4.21 Å². The molecule has 0 rings (SSSR count). The number of rotatable bonds is 3. The zero-order valence-corrected chi connectivity index (χ0v) is 10.8. The molecular weight excluding hydrogens is 206 g/mol. The highest BCUT2D eigenvalue weighted by Gasteiger charge is 2.28. The molecular formula is C9H20ClNOS. The van der Waals surface area contributed by atoms with Crippen molar-refractivity contribution >= 4 is 22.6 Å². The van der Waals surface area contributed by atoms with E-state index in [1.165, 1.54) is 0 Å². The zero-order chi connectivity index (χ0) is 10.9. The highest BCUT2D eigenvalue weighted by molar-refractivity contribution is 7.84. The van der Waals surface area contributed by atoms with E-state index in [0.717, 1.165) is 0 Å². The van der Waals surface area contributed by atoms with Gasteiger partial charge in [-0.3, -0.25) is 0 Å². The van der Waals surface area contributed by atoms with Crippen LogP contribution in [0.2, 0.25) is 0 Å². The third kappa shape index (κ3) is 4.99. The van der Waals surface area contributed by atoms with Gasteiger partial charge in [0.25, 0.3) is 0 Å².